The molecule has 0 unspecified atom stereocenters. The van der Waals surface area contributed by atoms with Gasteiger partial charge in [0, 0.05) is 29.2 Å². The Hall–Kier alpha value is -3.61. The van der Waals surface area contributed by atoms with Crippen LogP contribution in [0.4, 0.5) is 14.5 Å². The number of nitrogens with zero attached hydrogens (tertiary/aromatic N) is 3. The summed E-state index contributed by atoms with van der Waals surface area (Å²) >= 11 is 0. The van der Waals surface area contributed by atoms with E-state index in [0.29, 0.717) is 27.8 Å². The maximum Gasteiger partial charge on any atom is 0.320 e. The predicted molar refractivity (Wildman–Crippen MR) is 98.6 cm³/mol. The number of aromatic nitrogens is 3. The maximum atomic E-state index is 13.6. The summed E-state index contributed by atoms with van der Waals surface area (Å²) < 4.78 is 28.1. The highest BCUT2D eigenvalue weighted by atomic mass is 19.3. The molecule has 0 saturated heterocycles. The van der Waals surface area contributed by atoms with E-state index in [-0.39, 0.29) is 11.7 Å². The lowest BCUT2D eigenvalue weighted by Gasteiger charge is -2.09. The molecule has 1 amide bonds. The number of anilines is 1. The van der Waals surface area contributed by atoms with Crippen molar-refractivity contribution in [2.75, 3.05) is 5.32 Å². The van der Waals surface area contributed by atoms with E-state index in [1.165, 1.54) is 12.4 Å². The van der Waals surface area contributed by atoms with Gasteiger partial charge in [0.2, 0.25) is 0 Å². The summed E-state index contributed by atoms with van der Waals surface area (Å²) in [6.07, 6.45) is 3.07. The lowest BCUT2D eigenvalue weighted by Crippen LogP contribution is -2.11. The Morgan fingerprint density at radius 3 is 2.37 bits per heavy atom. The number of pyridine rings is 1. The van der Waals surface area contributed by atoms with E-state index in [0.717, 1.165) is 4.57 Å². The summed E-state index contributed by atoms with van der Waals surface area (Å²) in [7, 11) is 0. The minimum Gasteiger partial charge on any atom is -0.322 e. The number of fused-ring (bicyclic) bond motifs is 1. The van der Waals surface area contributed by atoms with Crippen LogP contribution in [0.5, 0.6) is 0 Å². The first-order valence-electron chi connectivity index (χ1n) is 8.20. The van der Waals surface area contributed by atoms with Gasteiger partial charge in [-0.15, -0.1) is 0 Å². The largest absolute Gasteiger partial charge is 0.322 e. The third-order valence-corrected chi connectivity index (χ3v) is 4.13. The molecule has 1 N–H and O–H groups in total. The van der Waals surface area contributed by atoms with Gasteiger partial charge in [0.05, 0.1) is 11.0 Å². The number of amides is 1. The number of nitrogens with one attached hydrogen (secondary N) is 1. The summed E-state index contributed by atoms with van der Waals surface area (Å²) in [5.41, 5.74) is 2.45. The SMILES string of the molecule is O=C(Nc1ccc(-c2nc3ccccc3n2C(F)F)cc1)c1ccncc1. The van der Waals surface area contributed by atoms with Crippen LogP contribution in [0, 0.1) is 0 Å². The molecule has 0 aliphatic rings. The van der Waals surface area contributed by atoms with Crippen LogP contribution in [0.15, 0.2) is 73.1 Å². The quantitative estimate of drug-likeness (QED) is 0.569. The number of benzene rings is 2. The fraction of sp³-hybridized carbons (Fsp3) is 0.0500. The van der Waals surface area contributed by atoms with Crippen molar-refractivity contribution in [3.05, 3.63) is 78.6 Å². The van der Waals surface area contributed by atoms with Gasteiger partial charge in [-0.25, -0.2) is 4.98 Å². The lowest BCUT2D eigenvalue weighted by atomic mass is 10.2. The van der Waals surface area contributed by atoms with E-state index in [1.54, 1.807) is 60.7 Å². The molecule has 5 nitrogen and oxygen atoms in total. The Bertz CT molecular complexity index is 1090. The molecule has 0 atom stereocenters. The standard InChI is InChI=1S/C20H14F2N4O/c21-20(22)26-17-4-2-1-3-16(17)25-18(26)13-5-7-15(8-6-13)24-19(27)14-9-11-23-12-10-14/h1-12,20H,(H,24,27). The number of hydrogen-bond donors (Lipinski definition) is 1. The highest BCUT2D eigenvalue weighted by molar-refractivity contribution is 6.04. The normalized spacial score (nSPS) is 11.1. The van der Waals surface area contributed by atoms with Gasteiger partial charge in [0.1, 0.15) is 5.82 Å². The molecule has 0 aliphatic heterocycles. The van der Waals surface area contributed by atoms with Gasteiger partial charge in [-0.3, -0.25) is 14.3 Å². The number of imidazole rings is 1. The summed E-state index contributed by atoms with van der Waals surface area (Å²) in [6, 6.07) is 16.6. The molecule has 4 aromatic rings. The first-order valence-corrected chi connectivity index (χ1v) is 8.20. The van der Waals surface area contributed by atoms with E-state index in [2.05, 4.69) is 15.3 Å². The second-order valence-electron chi connectivity index (χ2n) is 5.84. The number of alkyl halides is 2. The van der Waals surface area contributed by atoms with Crippen molar-refractivity contribution in [2.45, 2.75) is 6.55 Å². The molecule has 134 valence electrons. The molecule has 4 rings (SSSR count). The topological polar surface area (TPSA) is 59.8 Å². The molecule has 0 fully saturated rings. The molecule has 2 aromatic carbocycles. The minimum absolute atomic E-state index is 0.179. The Balaban J connectivity index is 1.64. The summed E-state index contributed by atoms with van der Waals surface area (Å²) in [4.78, 5) is 20.4. The Kier molecular flexibility index (Phi) is 4.33. The van der Waals surface area contributed by atoms with E-state index in [1.807, 2.05) is 0 Å². The highest BCUT2D eigenvalue weighted by Gasteiger charge is 2.18. The third-order valence-electron chi connectivity index (χ3n) is 4.13. The van der Waals surface area contributed by atoms with Gasteiger partial charge in [-0.1, -0.05) is 12.1 Å². The van der Waals surface area contributed by atoms with Crippen LogP contribution < -0.4 is 5.32 Å². The second-order valence-corrected chi connectivity index (χ2v) is 5.84. The van der Waals surface area contributed by atoms with Crippen LogP contribution in [-0.4, -0.2) is 20.4 Å². The lowest BCUT2D eigenvalue weighted by molar-refractivity contribution is 0.0764. The van der Waals surface area contributed by atoms with Crippen molar-refractivity contribution in [1.82, 2.24) is 14.5 Å². The zero-order valence-electron chi connectivity index (χ0n) is 14.0. The van der Waals surface area contributed by atoms with Crippen molar-refractivity contribution in [3.8, 4) is 11.4 Å². The fourth-order valence-corrected chi connectivity index (χ4v) is 2.85. The van der Waals surface area contributed by atoms with Crippen molar-refractivity contribution < 1.29 is 13.6 Å². The van der Waals surface area contributed by atoms with Crippen LogP contribution in [0.1, 0.15) is 16.9 Å². The highest BCUT2D eigenvalue weighted by Crippen LogP contribution is 2.30. The van der Waals surface area contributed by atoms with E-state index >= 15 is 0 Å². The van der Waals surface area contributed by atoms with Crippen molar-refractivity contribution in [1.29, 1.82) is 0 Å². The fourth-order valence-electron chi connectivity index (χ4n) is 2.85. The van der Waals surface area contributed by atoms with Crippen LogP contribution >= 0.6 is 0 Å². The molecule has 0 spiro atoms. The van der Waals surface area contributed by atoms with Crippen LogP contribution in [0.3, 0.4) is 0 Å². The number of halogens is 2. The Morgan fingerprint density at radius 2 is 1.67 bits per heavy atom. The first-order chi connectivity index (χ1) is 13.1. The molecule has 0 aliphatic carbocycles. The zero-order valence-corrected chi connectivity index (χ0v) is 14.0. The second kappa shape index (κ2) is 6.95. The van der Waals surface area contributed by atoms with E-state index < -0.39 is 6.55 Å². The van der Waals surface area contributed by atoms with Gasteiger partial charge < -0.3 is 5.32 Å². The third kappa shape index (κ3) is 3.27. The van der Waals surface area contributed by atoms with Gasteiger partial charge in [-0.2, -0.15) is 8.78 Å². The smallest absolute Gasteiger partial charge is 0.320 e. The van der Waals surface area contributed by atoms with Gasteiger partial charge >= 0.3 is 6.55 Å². The average molecular weight is 364 g/mol. The summed E-state index contributed by atoms with van der Waals surface area (Å²) in [5, 5.41) is 2.76. The van der Waals surface area contributed by atoms with Gasteiger partial charge in [0.25, 0.3) is 5.91 Å². The molecule has 0 saturated carbocycles. The van der Waals surface area contributed by atoms with Crippen molar-refractivity contribution >= 4 is 22.6 Å². The van der Waals surface area contributed by atoms with Gasteiger partial charge in [-0.05, 0) is 48.5 Å². The number of rotatable bonds is 4. The van der Waals surface area contributed by atoms with Crippen molar-refractivity contribution in [2.24, 2.45) is 0 Å². The Morgan fingerprint density at radius 1 is 0.963 bits per heavy atom. The molecular weight excluding hydrogens is 350 g/mol. The number of hydrogen-bond acceptors (Lipinski definition) is 3. The molecule has 27 heavy (non-hydrogen) atoms. The molecule has 0 radical (unpaired) electrons. The molecule has 7 heteroatoms. The number of carbonyl (C=O) groups is 1. The average Bonchev–Trinajstić information content (AvgIpc) is 3.09. The predicted octanol–water partition coefficient (Wildman–Crippen LogP) is 4.75. The minimum atomic E-state index is -2.71. The monoisotopic (exact) mass is 364 g/mol. The van der Waals surface area contributed by atoms with Crippen LogP contribution in [-0.2, 0) is 0 Å². The van der Waals surface area contributed by atoms with E-state index in [4.69, 9.17) is 0 Å². The Labute approximate surface area is 153 Å². The zero-order chi connectivity index (χ0) is 18.8. The molecule has 2 aromatic heterocycles. The molecule has 0 bridgehead atoms. The number of para-hydroxylation sites is 2. The number of carbonyl (C=O) groups excluding carboxylic acids is 1. The molecular formula is C20H14F2N4O. The van der Waals surface area contributed by atoms with Crippen LogP contribution in [0.25, 0.3) is 22.4 Å². The summed E-state index contributed by atoms with van der Waals surface area (Å²) in [6.45, 7) is -2.71. The van der Waals surface area contributed by atoms with E-state index in [9.17, 15) is 13.6 Å². The van der Waals surface area contributed by atoms with Crippen molar-refractivity contribution in [3.63, 3.8) is 0 Å². The first kappa shape index (κ1) is 16.8. The molecule has 2 heterocycles. The maximum absolute atomic E-state index is 13.6. The van der Waals surface area contributed by atoms with Crippen LogP contribution in [0.2, 0.25) is 0 Å². The van der Waals surface area contributed by atoms with Gasteiger partial charge in [0.15, 0.2) is 0 Å². The summed E-state index contributed by atoms with van der Waals surface area (Å²) in [5.74, 6) is -0.0943.